The second-order valence-electron chi connectivity index (χ2n) is 8.91. The van der Waals surface area contributed by atoms with Crippen LogP contribution in [0.2, 0.25) is 0 Å². The SMILES string of the molecule is CCOC(=O)C1=C(C)N(c2ccc(Br)cc2)C(=O)/C1=C\c1ccc(OCC(=O)N[C@@H](C)c2ccccc2)cc1. The van der Waals surface area contributed by atoms with Crippen LogP contribution in [0.15, 0.2) is 100 Å². The summed E-state index contributed by atoms with van der Waals surface area (Å²) in [7, 11) is 0. The molecule has 0 aliphatic carbocycles. The second kappa shape index (κ2) is 12.6. The van der Waals surface area contributed by atoms with E-state index in [2.05, 4.69) is 21.2 Å². The Morgan fingerprint density at radius 2 is 1.67 bits per heavy atom. The number of allylic oxidation sites excluding steroid dienone is 1. The van der Waals surface area contributed by atoms with Crippen molar-refractivity contribution in [1.82, 2.24) is 5.32 Å². The third kappa shape index (κ3) is 6.64. The van der Waals surface area contributed by atoms with E-state index in [9.17, 15) is 14.4 Å². The van der Waals surface area contributed by atoms with Crippen LogP contribution in [0.1, 0.15) is 37.9 Å². The number of carbonyl (C=O) groups excluding carboxylic acids is 3. The Bertz CT molecular complexity index is 1410. The zero-order valence-corrected chi connectivity index (χ0v) is 23.5. The highest BCUT2D eigenvalue weighted by molar-refractivity contribution is 9.10. The van der Waals surface area contributed by atoms with Crippen LogP contribution in [-0.4, -0.2) is 31.0 Å². The highest BCUT2D eigenvalue weighted by atomic mass is 79.9. The number of nitrogens with one attached hydrogen (secondary N) is 1. The number of halogens is 1. The largest absolute Gasteiger partial charge is 0.484 e. The molecule has 3 aromatic rings. The number of anilines is 1. The van der Waals surface area contributed by atoms with E-state index in [0.29, 0.717) is 22.7 Å². The molecular formula is C31H29BrN2O5. The summed E-state index contributed by atoms with van der Waals surface area (Å²) in [6, 6.07) is 23.8. The van der Waals surface area contributed by atoms with E-state index >= 15 is 0 Å². The summed E-state index contributed by atoms with van der Waals surface area (Å²) in [4.78, 5) is 40.2. The number of benzene rings is 3. The standard InChI is InChI=1S/C31H29BrN2O5/c1-4-38-31(37)29-21(3)34(25-14-12-24(32)13-15-25)30(36)27(29)18-22-10-16-26(17-11-22)39-19-28(35)33-20(2)23-8-6-5-7-9-23/h5-18,20H,4,19H2,1-3H3,(H,33,35)/b27-18-/t20-/m0/s1. The summed E-state index contributed by atoms with van der Waals surface area (Å²) in [6.45, 7) is 5.43. The Hall–Kier alpha value is -4.17. The highest BCUT2D eigenvalue weighted by Gasteiger charge is 2.38. The van der Waals surface area contributed by atoms with Gasteiger partial charge in [0.25, 0.3) is 11.8 Å². The molecule has 39 heavy (non-hydrogen) atoms. The van der Waals surface area contributed by atoms with Gasteiger partial charge in [0.15, 0.2) is 6.61 Å². The van der Waals surface area contributed by atoms with Crippen LogP contribution in [0.5, 0.6) is 5.75 Å². The van der Waals surface area contributed by atoms with Gasteiger partial charge in [-0.3, -0.25) is 14.5 Å². The van der Waals surface area contributed by atoms with Crippen molar-refractivity contribution in [2.75, 3.05) is 18.1 Å². The van der Waals surface area contributed by atoms with Gasteiger partial charge in [-0.1, -0.05) is 58.4 Å². The van der Waals surface area contributed by atoms with Gasteiger partial charge in [-0.15, -0.1) is 0 Å². The van der Waals surface area contributed by atoms with Crippen molar-refractivity contribution in [1.29, 1.82) is 0 Å². The van der Waals surface area contributed by atoms with Crippen LogP contribution < -0.4 is 15.0 Å². The fourth-order valence-corrected chi connectivity index (χ4v) is 4.53. The maximum atomic E-state index is 13.5. The summed E-state index contributed by atoms with van der Waals surface area (Å²) in [5.74, 6) is -0.597. The fraction of sp³-hybridized carbons (Fsp3) is 0.194. The van der Waals surface area contributed by atoms with Crippen molar-refractivity contribution in [3.63, 3.8) is 0 Å². The molecular weight excluding hydrogens is 560 g/mol. The second-order valence-corrected chi connectivity index (χ2v) is 9.83. The van der Waals surface area contributed by atoms with Gasteiger partial charge in [-0.05, 0) is 74.4 Å². The monoisotopic (exact) mass is 588 g/mol. The van der Waals surface area contributed by atoms with E-state index in [1.54, 1.807) is 56.3 Å². The molecule has 0 unspecified atom stereocenters. The number of hydrogen-bond acceptors (Lipinski definition) is 5. The normalized spacial score (nSPS) is 14.9. The Labute approximate surface area is 236 Å². The van der Waals surface area contributed by atoms with Crippen LogP contribution >= 0.6 is 15.9 Å². The summed E-state index contributed by atoms with van der Waals surface area (Å²) >= 11 is 3.41. The summed E-state index contributed by atoms with van der Waals surface area (Å²) in [5.41, 5.74) is 3.33. The maximum absolute atomic E-state index is 13.5. The third-order valence-corrected chi connectivity index (χ3v) is 6.73. The lowest BCUT2D eigenvalue weighted by Gasteiger charge is -2.18. The zero-order chi connectivity index (χ0) is 27.9. The fourth-order valence-electron chi connectivity index (χ4n) is 4.27. The van der Waals surface area contributed by atoms with E-state index < -0.39 is 5.97 Å². The van der Waals surface area contributed by atoms with Gasteiger partial charge >= 0.3 is 5.97 Å². The molecule has 0 bridgehead atoms. The minimum Gasteiger partial charge on any atom is -0.484 e. The van der Waals surface area contributed by atoms with Gasteiger partial charge in [-0.25, -0.2) is 4.79 Å². The van der Waals surface area contributed by atoms with Crippen molar-refractivity contribution in [2.24, 2.45) is 0 Å². The molecule has 7 nitrogen and oxygen atoms in total. The van der Waals surface area contributed by atoms with Crippen LogP contribution in [0.25, 0.3) is 6.08 Å². The van der Waals surface area contributed by atoms with E-state index in [0.717, 1.165) is 10.0 Å². The van der Waals surface area contributed by atoms with Gasteiger partial charge in [0.05, 0.1) is 23.8 Å². The maximum Gasteiger partial charge on any atom is 0.340 e. The number of ether oxygens (including phenoxy) is 2. The highest BCUT2D eigenvalue weighted by Crippen LogP contribution is 2.36. The van der Waals surface area contributed by atoms with E-state index in [4.69, 9.17) is 9.47 Å². The molecule has 4 rings (SSSR count). The van der Waals surface area contributed by atoms with Crippen molar-refractivity contribution in [3.05, 3.63) is 111 Å². The summed E-state index contributed by atoms with van der Waals surface area (Å²) in [5, 5.41) is 2.91. The zero-order valence-electron chi connectivity index (χ0n) is 21.9. The minimum atomic E-state index is -0.551. The average molecular weight is 589 g/mol. The predicted molar refractivity (Wildman–Crippen MR) is 154 cm³/mol. The molecule has 1 aliphatic heterocycles. The predicted octanol–water partition coefficient (Wildman–Crippen LogP) is 5.97. The Morgan fingerprint density at radius 3 is 2.31 bits per heavy atom. The molecule has 2 amide bonds. The number of carbonyl (C=O) groups is 3. The quantitative estimate of drug-likeness (QED) is 0.246. The smallest absolute Gasteiger partial charge is 0.340 e. The molecule has 3 aromatic carbocycles. The first kappa shape index (κ1) is 27.9. The molecule has 0 saturated carbocycles. The van der Waals surface area contributed by atoms with E-state index in [1.807, 2.05) is 49.4 Å². The van der Waals surface area contributed by atoms with Gasteiger partial charge in [0, 0.05) is 15.9 Å². The average Bonchev–Trinajstić information content (AvgIpc) is 3.18. The van der Waals surface area contributed by atoms with Crippen molar-refractivity contribution < 1.29 is 23.9 Å². The summed E-state index contributed by atoms with van der Waals surface area (Å²) < 4.78 is 11.8. The van der Waals surface area contributed by atoms with E-state index in [1.165, 1.54) is 4.90 Å². The van der Waals surface area contributed by atoms with Gasteiger partial charge < -0.3 is 14.8 Å². The molecule has 1 atom stereocenters. The van der Waals surface area contributed by atoms with Gasteiger partial charge in [-0.2, -0.15) is 0 Å². The van der Waals surface area contributed by atoms with Crippen LogP contribution in [0.3, 0.4) is 0 Å². The number of esters is 1. The molecule has 0 aromatic heterocycles. The van der Waals surface area contributed by atoms with Crippen LogP contribution in [0.4, 0.5) is 5.69 Å². The topological polar surface area (TPSA) is 84.9 Å². The van der Waals surface area contributed by atoms with E-state index in [-0.39, 0.29) is 42.2 Å². The minimum absolute atomic E-state index is 0.132. The Morgan fingerprint density at radius 1 is 1.00 bits per heavy atom. The lowest BCUT2D eigenvalue weighted by Crippen LogP contribution is -2.31. The molecule has 0 saturated heterocycles. The molecule has 8 heteroatoms. The van der Waals surface area contributed by atoms with Crippen molar-refractivity contribution >= 4 is 45.5 Å². The first-order chi connectivity index (χ1) is 18.8. The molecule has 1 N–H and O–H groups in total. The molecule has 200 valence electrons. The Kier molecular flexibility index (Phi) is 8.99. The molecule has 1 aliphatic rings. The molecule has 0 spiro atoms. The lowest BCUT2D eigenvalue weighted by molar-refractivity contribution is -0.138. The molecule has 0 radical (unpaired) electrons. The molecule has 0 fully saturated rings. The number of hydrogen-bond donors (Lipinski definition) is 1. The van der Waals surface area contributed by atoms with Crippen LogP contribution in [-0.2, 0) is 19.1 Å². The van der Waals surface area contributed by atoms with Crippen LogP contribution in [0, 0.1) is 0 Å². The third-order valence-electron chi connectivity index (χ3n) is 6.20. The van der Waals surface area contributed by atoms with Crippen molar-refractivity contribution in [2.45, 2.75) is 26.8 Å². The summed E-state index contributed by atoms with van der Waals surface area (Å²) in [6.07, 6.45) is 1.66. The van der Waals surface area contributed by atoms with Gasteiger partial charge in [0.2, 0.25) is 0 Å². The Balaban J connectivity index is 1.48. The number of amides is 2. The van der Waals surface area contributed by atoms with Gasteiger partial charge in [0.1, 0.15) is 5.75 Å². The van der Waals surface area contributed by atoms with Crippen molar-refractivity contribution in [3.8, 4) is 5.75 Å². The number of nitrogens with zero attached hydrogens (tertiary/aromatic N) is 1. The first-order valence-electron chi connectivity index (χ1n) is 12.6. The first-order valence-corrected chi connectivity index (χ1v) is 13.3. The lowest BCUT2D eigenvalue weighted by atomic mass is 10.0. The number of rotatable bonds is 9. The molecule has 1 heterocycles.